The average molecular weight is 306 g/mol. The van der Waals surface area contributed by atoms with Gasteiger partial charge in [-0.1, -0.05) is 34.6 Å². The first kappa shape index (κ1) is 14.2. The zero-order valence-electron chi connectivity index (χ0n) is 13.0. The predicted octanol–water partition coefficient (Wildman–Crippen LogP) is 6.57. The van der Waals surface area contributed by atoms with E-state index in [9.17, 15) is 0 Å². The lowest BCUT2D eigenvalue weighted by Crippen LogP contribution is -1.95. The van der Waals surface area contributed by atoms with Crippen molar-refractivity contribution in [2.75, 3.05) is 0 Å². The Bertz CT molecular complexity index is 680. The van der Waals surface area contributed by atoms with Crippen molar-refractivity contribution in [3.05, 3.63) is 21.9 Å². The van der Waals surface area contributed by atoms with Crippen LogP contribution < -0.4 is 0 Å². The van der Waals surface area contributed by atoms with E-state index in [-0.39, 0.29) is 0 Å². The molecule has 0 atom stereocenters. The van der Waals surface area contributed by atoms with Crippen molar-refractivity contribution >= 4 is 43.1 Å². The van der Waals surface area contributed by atoms with E-state index in [0.29, 0.717) is 11.8 Å². The molecule has 20 heavy (non-hydrogen) atoms. The maximum absolute atomic E-state index is 2.54. The van der Waals surface area contributed by atoms with Crippen molar-refractivity contribution in [2.24, 2.45) is 0 Å². The molecule has 0 unspecified atom stereocenters. The first-order valence-corrected chi connectivity index (χ1v) is 9.21. The Kier molecular flexibility index (Phi) is 3.67. The van der Waals surface area contributed by atoms with E-state index in [1.165, 1.54) is 36.6 Å². The van der Waals surface area contributed by atoms with Gasteiger partial charge in [0.05, 0.1) is 20.4 Å². The molecule has 0 saturated heterocycles. The van der Waals surface area contributed by atoms with Gasteiger partial charge in [0, 0.05) is 16.3 Å². The minimum Gasteiger partial charge on any atom is -0.339 e. The summed E-state index contributed by atoms with van der Waals surface area (Å²) in [5.41, 5.74) is 2.91. The third-order valence-electron chi connectivity index (χ3n) is 3.84. The van der Waals surface area contributed by atoms with Crippen molar-refractivity contribution in [1.29, 1.82) is 0 Å². The molecule has 3 heteroatoms. The predicted molar refractivity (Wildman–Crippen MR) is 93.7 cm³/mol. The smallest absolute Gasteiger partial charge is 0.0703 e. The molecular formula is C17H23NS2. The highest BCUT2D eigenvalue weighted by Crippen LogP contribution is 2.43. The molecule has 0 spiro atoms. The van der Waals surface area contributed by atoms with Crippen LogP contribution in [0.4, 0.5) is 0 Å². The van der Waals surface area contributed by atoms with Gasteiger partial charge in [-0.25, -0.2) is 0 Å². The summed E-state index contributed by atoms with van der Waals surface area (Å²) in [6, 6.07) is 4.84. The van der Waals surface area contributed by atoms with Crippen LogP contribution in [0, 0.1) is 0 Å². The highest BCUT2D eigenvalue weighted by molar-refractivity contribution is 7.27. The fraction of sp³-hybridized carbons (Fsp3) is 0.529. The van der Waals surface area contributed by atoms with E-state index >= 15 is 0 Å². The van der Waals surface area contributed by atoms with E-state index in [0.717, 1.165) is 6.54 Å². The van der Waals surface area contributed by atoms with Crippen LogP contribution in [0.3, 0.4) is 0 Å². The summed E-state index contributed by atoms with van der Waals surface area (Å²) in [5.74, 6) is 1.25. The summed E-state index contributed by atoms with van der Waals surface area (Å²) < 4.78 is 5.55. The molecule has 3 aromatic rings. The molecule has 0 saturated carbocycles. The molecule has 3 aromatic heterocycles. The van der Waals surface area contributed by atoms with E-state index < -0.39 is 0 Å². The van der Waals surface area contributed by atoms with Crippen LogP contribution in [0.1, 0.15) is 62.6 Å². The van der Waals surface area contributed by atoms with Crippen molar-refractivity contribution in [3.63, 3.8) is 0 Å². The summed E-state index contributed by atoms with van der Waals surface area (Å²) in [7, 11) is 0. The zero-order valence-corrected chi connectivity index (χ0v) is 14.6. The second kappa shape index (κ2) is 5.19. The van der Waals surface area contributed by atoms with Gasteiger partial charge in [-0.3, -0.25) is 0 Å². The van der Waals surface area contributed by atoms with E-state index in [2.05, 4.69) is 51.3 Å². The fourth-order valence-electron chi connectivity index (χ4n) is 2.69. The number of rotatable bonds is 4. The summed E-state index contributed by atoms with van der Waals surface area (Å²) in [6.45, 7) is 12.6. The summed E-state index contributed by atoms with van der Waals surface area (Å²) in [4.78, 5) is 3.03. The van der Waals surface area contributed by atoms with Crippen LogP contribution in [0.5, 0.6) is 0 Å². The molecule has 0 N–H and O–H groups in total. The molecular weight excluding hydrogens is 282 g/mol. The largest absolute Gasteiger partial charge is 0.339 e. The van der Waals surface area contributed by atoms with Crippen molar-refractivity contribution in [2.45, 2.75) is 59.4 Å². The molecule has 0 aliphatic carbocycles. The maximum atomic E-state index is 2.54. The first-order chi connectivity index (χ1) is 9.52. The quantitative estimate of drug-likeness (QED) is 0.513. The van der Waals surface area contributed by atoms with Gasteiger partial charge in [0.1, 0.15) is 0 Å². The Morgan fingerprint density at radius 3 is 1.70 bits per heavy atom. The van der Waals surface area contributed by atoms with Crippen molar-refractivity contribution < 1.29 is 0 Å². The summed E-state index contributed by atoms with van der Waals surface area (Å²) in [5, 5.41) is 0. The third kappa shape index (κ3) is 2.11. The average Bonchev–Trinajstić information content (AvgIpc) is 3.03. The number of aromatic nitrogens is 1. The highest BCUT2D eigenvalue weighted by Gasteiger charge is 2.18. The van der Waals surface area contributed by atoms with Gasteiger partial charge in [-0.05, 0) is 30.4 Å². The zero-order chi connectivity index (χ0) is 14.4. The molecule has 0 fully saturated rings. The Hall–Kier alpha value is -0.800. The number of hydrogen-bond acceptors (Lipinski definition) is 2. The minimum atomic E-state index is 0.627. The van der Waals surface area contributed by atoms with Crippen LogP contribution in [0.2, 0.25) is 0 Å². The normalized spacial score (nSPS) is 12.6. The number of hydrogen-bond donors (Lipinski definition) is 0. The van der Waals surface area contributed by atoms with Gasteiger partial charge < -0.3 is 4.57 Å². The topological polar surface area (TPSA) is 4.93 Å². The molecule has 0 aromatic carbocycles. The second-order valence-corrected chi connectivity index (χ2v) is 8.35. The SMILES string of the molecule is CCCn1c2cc(C(C)C)sc2c2sc(C(C)C)cc21. The Morgan fingerprint density at radius 1 is 0.900 bits per heavy atom. The third-order valence-corrected chi connectivity index (χ3v) is 6.85. The number of thiophene rings is 2. The molecule has 0 radical (unpaired) electrons. The van der Waals surface area contributed by atoms with Crippen molar-refractivity contribution in [1.82, 2.24) is 4.57 Å². The van der Waals surface area contributed by atoms with Gasteiger partial charge in [0.25, 0.3) is 0 Å². The monoisotopic (exact) mass is 305 g/mol. The highest BCUT2D eigenvalue weighted by atomic mass is 32.1. The van der Waals surface area contributed by atoms with E-state index in [1.54, 1.807) is 0 Å². The standard InChI is InChI=1S/C17H23NS2/c1-6-7-18-12-8-14(10(2)3)19-16(12)17-13(18)9-15(20-17)11(4)5/h8-11H,6-7H2,1-5H3. The van der Waals surface area contributed by atoms with Crippen LogP contribution in [0.15, 0.2) is 12.1 Å². The van der Waals surface area contributed by atoms with Gasteiger partial charge in [-0.2, -0.15) is 0 Å². The van der Waals surface area contributed by atoms with Gasteiger partial charge in [0.2, 0.25) is 0 Å². The number of aryl methyl sites for hydroxylation is 1. The van der Waals surface area contributed by atoms with E-state index in [4.69, 9.17) is 0 Å². The molecule has 3 heterocycles. The van der Waals surface area contributed by atoms with E-state index in [1.807, 2.05) is 22.7 Å². The molecule has 0 aliphatic heterocycles. The lowest BCUT2D eigenvalue weighted by atomic mass is 10.2. The van der Waals surface area contributed by atoms with Gasteiger partial charge in [-0.15, -0.1) is 22.7 Å². The minimum absolute atomic E-state index is 0.627. The summed E-state index contributed by atoms with van der Waals surface area (Å²) in [6.07, 6.45) is 1.19. The molecule has 0 aliphatic rings. The first-order valence-electron chi connectivity index (χ1n) is 7.58. The van der Waals surface area contributed by atoms with Gasteiger partial charge >= 0.3 is 0 Å². The molecule has 0 bridgehead atoms. The maximum Gasteiger partial charge on any atom is 0.0703 e. The van der Waals surface area contributed by atoms with Crippen LogP contribution in [-0.4, -0.2) is 4.57 Å². The molecule has 3 rings (SSSR count). The second-order valence-electron chi connectivity index (χ2n) is 6.19. The molecule has 108 valence electrons. The lowest BCUT2D eigenvalue weighted by Gasteiger charge is -2.04. The molecule has 0 amide bonds. The van der Waals surface area contributed by atoms with Crippen molar-refractivity contribution in [3.8, 4) is 0 Å². The van der Waals surface area contributed by atoms with Crippen LogP contribution >= 0.6 is 22.7 Å². The Morgan fingerprint density at radius 2 is 1.35 bits per heavy atom. The van der Waals surface area contributed by atoms with Crippen LogP contribution in [0.25, 0.3) is 20.4 Å². The van der Waals surface area contributed by atoms with Crippen LogP contribution in [-0.2, 0) is 6.54 Å². The molecule has 1 nitrogen and oxygen atoms in total. The lowest BCUT2D eigenvalue weighted by molar-refractivity contribution is 0.723. The number of nitrogens with zero attached hydrogens (tertiary/aromatic N) is 1. The fourth-order valence-corrected chi connectivity index (χ4v) is 5.17. The summed E-state index contributed by atoms with van der Waals surface area (Å²) >= 11 is 3.99. The number of fused-ring (bicyclic) bond motifs is 3. The Balaban J connectivity index is 2.30. The Labute approximate surface area is 129 Å². The van der Waals surface area contributed by atoms with Gasteiger partial charge in [0.15, 0.2) is 0 Å².